The summed E-state index contributed by atoms with van der Waals surface area (Å²) in [4.78, 5) is 13.0. The van der Waals surface area contributed by atoms with Gasteiger partial charge in [0.25, 0.3) is 0 Å². The largest absolute Gasteiger partial charge is 0.381 e. The van der Waals surface area contributed by atoms with E-state index in [0.717, 1.165) is 4.31 Å². The highest BCUT2D eigenvalue weighted by Crippen LogP contribution is 2.24. The summed E-state index contributed by atoms with van der Waals surface area (Å²) in [7, 11) is 0.926. The molecule has 1 rings (SSSR count). The van der Waals surface area contributed by atoms with Gasteiger partial charge in [0, 0.05) is 27.7 Å². The van der Waals surface area contributed by atoms with Crippen LogP contribution in [0.4, 0.5) is 5.82 Å². The SMILES string of the molecule is CCN(CC(=O)N(C)C)S(=O)(=O)c1c(N)nn(C)c1C. The molecule has 0 spiro atoms. The fourth-order valence-electron chi connectivity index (χ4n) is 1.72. The van der Waals surface area contributed by atoms with Crippen LogP contribution in [-0.4, -0.2) is 60.5 Å². The lowest BCUT2D eigenvalue weighted by Crippen LogP contribution is -2.40. The number of anilines is 1. The summed E-state index contributed by atoms with van der Waals surface area (Å²) < 4.78 is 27.7. The fraction of sp³-hybridized carbons (Fsp3) is 0.636. The first-order chi connectivity index (χ1) is 9.12. The molecule has 1 amide bonds. The van der Waals surface area contributed by atoms with E-state index in [1.807, 2.05) is 0 Å². The molecular weight excluding hydrogens is 282 g/mol. The van der Waals surface area contributed by atoms with Gasteiger partial charge in [-0.2, -0.15) is 9.40 Å². The quantitative estimate of drug-likeness (QED) is 0.783. The van der Waals surface area contributed by atoms with Crippen LogP contribution in [0, 0.1) is 6.92 Å². The number of carbonyl (C=O) groups excluding carboxylic acids is 1. The van der Waals surface area contributed by atoms with Crippen molar-refractivity contribution >= 4 is 21.7 Å². The Morgan fingerprint density at radius 3 is 2.30 bits per heavy atom. The molecule has 0 aliphatic carbocycles. The molecule has 0 fully saturated rings. The van der Waals surface area contributed by atoms with Gasteiger partial charge < -0.3 is 10.6 Å². The zero-order valence-electron chi connectivity index (χ0n) is 12.4. The molecule has 1 aromatic heterocycles. The van der Waals surface area contributed by atoms with Crippen molar-refractivity contribution in [3.8, 4) is 0 Å². The van der Waals surface area contributed by atoms with Crippen LogP contribution in [0.2, 0.25) is 0 Å². The van der Waals surface area contributed by atoms with Gasteiger partial charge in [0.15, 0.2) is 5.82 Å². The Morgan fingerprint density at radius 2 is 1.95 bits per heavy atom. The number of nitrogens with two attached hydrogens (primary N) is 1. The summed E-state index contributed by atoms with van der Waals surface area (Å²) >= 11 is 0. The van der Waals surface area contributed by atoms with Gasteiger partial charge in [-0.1, -0.05) is 6.92 Å². The Kier molecular flexibility index (Phi) is 4.77. The molecule has 0 saturated heterocycles. The van der Waals surface area contributed by atoms with E-state index in [1.54, 1.807) is 35.0 Å². The topological polar surface area (TPSA) is 102 Å². The summed E-state index contributed by atoms with van der Waals surface area (Å²) in [5.41, 5.74) is 6.12. The van der Waals surface area contributed by atoms with Gasteiger partial charge in [0.1, 0.15) is 4.90 Å². The molecule has 1 heterocycles. The highest BCUT2D eigenvalue weighted by atomic mass is 32.2. The Labute approximate surface area is 119 Å². The number of amides is 1. The third kappa shape index (κ3) is 2.93. The minimum atomic E-state index is -3.84. The zero-order chi connectivity index (χ0) is 15.7. The van der Waals surface area contributed by atoms with Crippen LogP contribution >= 0.6 is 0 Å². The van der Waals surface area contributed by atoms with Crippen LogP contribution < -0.4 is 5.73 Å². The Morgan fingerprint density at radius 1 is 1.40 bits per heavy atom. The van der Waals surface area contributed by atoms with E-state index in [4.69, 9.17) is 5.73 Å². The summed E-state index contributed by atoms with van der Waals surface area (Å²) in [6, 6.07) is 0. The third-order valence-electron chi connectivity index (χ3n) is 3.07. The predicted octanol–water partition coefficient (Wildman–Crippen LogP) is -0.590. The number of hydrogen-bond acceptors (Lipinski definition) is 5. The molecule has 1 aromatic rings. The van der Waals surface area contributed by atoms with Crippen molar-refractivity contribution < 1.29 is 13.2 Å². The second kappa shape index (κ2) is 5.80. The summed E-state index contributed by atoms with van der Waals surface area (Å²) in [6.07, 6.45) is 0. The lowest BCUT2D eigenvalue weighted by Gasteiger charge is -2.21. The molecule has 0 saturated carbocycles. The molecule has 114 valence electrons. The first kappa shape index (κ1) is 16.4. The van der Waals surface area contributed by atoms with Crippen LogP contribution in [0.15, 0.2) is 4.90 Å². The van der Waals surface area contributed by atoms with E-state index in [-0.39, 0.29) is 29.7 Å². The summed E-state index contributed by atoms with van der Waals surface area (Å²) in [5.74, 6) is -0.351. The van der Waals surface area contributed by atoms with E-state index in [1.165, 1.54) is 9.58 Å². The Bertz CT molecular complexity index is 606. The van der Waals surface area contributed by atoms with Crippen LogP contribution in [-0.2, 0) is 21.9 Å². The van der Waals surface area contributed by atoms with Crippen molar-refractivity contribution in [3.63, 3.8) is 0 Å². The standard InChI is InChI=1S/C11H21N5O3S/c1-6-16(7-9(17)14(3)4)20(18,19)10-8(2)15(5)13-11(10)12/h6-7H2,1-5H3,(H2,12,13). The average molecular weight is 303 g/mol. The lowest BCUT2D eigenvalue weighted by atomic mass is 10.5. The van der Waals surface area contributed by atoms with E-state index in [2.05, 4.69) is 5.10 Å². The molecular formula is C11H21N5O3S. The van der Waals surface area contributed by atoms with Crippen LogP contribution in [0.5, 0.6) is 0 Å². The molecule has 8 nitrogen and oxygen atoms in total. The van der Waals surface area contributed by atoms with E-state index in [9.17, 15) is 13.2 Å². The zero-order valence-corrected chi connectivity index (χ0v) is 13.2. The fourth-order valence-corrected chi connectivity index (χ4v) is 3.41. The maximum atomic E-state index is 12.6. The van der Waals surface area contributed by atoms with Gasteiger partial charge in [-0.05, 0) is 6.92 Å². The number of hydrogen-bond donors (Lipinski definition) is 1. The van der Waals surface area contributed by atoms with E-state index < -0.39 is 10.0 Å². The summed E-state index contributed by atoms with van der Waals surface area (Å²) in [6.45, 7) is 3.25. The second-order valence-electron chi connectivity index (χ2n) is 4.64. The van der Waals surface area contributed by atoms with Crippen molar-refractivity contribution in [2.75, 3.05) is 32.9 Å². The highest BCUT2D eigenvalue weighted by Gasteiger charge is 2.31. The van der Waals surface area contributed by atoms with E-state index >= 15 is 0 Å². The van der Waals surface area contributed by atoms with Crippen LogP contribution in [0.25, 0.3) is 0 Å². The molecule has 0 radical (unpaired) electrons. The van der Waals surface area contributed by atoms with Gasteiger partial charge in [-0.25, -0.2) is 8.42 Å². The van der Waals surface area contributed by atoms with Gasteiger partial charge in [-0.15, -0.1) is 0 Å². The number of nitrogen functional groups attached to an aromatic ring is 1. The number of aromatic nitrogens is 2. The number of likely N-dealkylation sites (N-methyl/N-ethyl adjacent to an activating group) is 2. The van der Waals surface area contributed by atoms with E-state index in [0.29, 0.717) is 5.69 Å². The number of aryl methyl sites for hydroxylation is 1. The van der Waals surface area contributed by atoms with Crippen molar-refractivity contribution in [1.29, 1.82) is 0 Å². The van der Waals surface area contributed by atoms with Crippen molar-refractivity contribution in [2.45, 2.75) is 18.7 Å². The van der Waals surface area contributed by atoms with Crippen LogP contribution in [0.1, 0.15) is 12.6 Å². The Balaban J connectivity index is 3.22. The number of nitrogens with zero attached hydrogens (tertiary/aromatic N) is 4. The monoisotopic (exact) mass is 303 g/mol. The van der Waals surface area contributed by atoms with Crippen molar-refractivity contribution in [3.05, 3.63) is 5.69 Å². The molecule has 0 bridgehead atoms. The first-order valence-corrected chi connectivity index (χ1v) is 7.56. The average Bonchev–Trinajstić information content (AvgIpc) is 2.59. The normalized spacial score (nSPS) is 11.9. The van der Waals surface area contributed by atoms with Crippen molar-refractivity contribution in [2.24, 2.45) is 7.05 Å². The van der Waals surface area contributed by atoms with Crippen molar-refractivity contribution in [1.82, 2.24) is 19.0 Å². The maximum absolute atomic E-state index is 12.6. The third-order valence-corrected chi connectivity index (χ3v) is 5.15. The first-order valence-electron chi connectivity index (χ1n) is 6.12. The molecule has 2 N–H and O–H groups in total. The van der Waals surface area contributed by atoms with Gasteiger partial charge in [0.05, 0.1) is 12.2 Å². The van der Waals surface area contributed by atoms with Crippen LogP contribution in [0.3, 0.4) is 0 Å². The minimum Gasteiger partial charge on any atom is -0.381 e. The molecule has 20 heavy (non-hydrogen) atoms. The van der Waals surface area contributed by atoms with Gasteiger partial charge in [0.2, 0.25) is 15.9 Å². The van der Waals surface area contributed by atoms with Gasteiger partial charge in [-0.3, -0.25) is 9.48 Å². The smallest absolute Gasteiger partial charge is 0.249 e. The molecule has 0 unspecified atom stereocenters. The second-order valence-corrected chi connectivity index (χ2v) is 6.52. The minimum absolute atomic E-state index is 0.0339. The molecule has 0 aromatic carbocycles. The highest BCUT2D eigenvalue weighted by molar-refractivity contribution is 7.89. The maximum Gasteiger partial charge on any atom is 0.249 e. The summed E-state index contributed by atoms with van der Waals surface area (Å²) in [5, 5.41) is 3.90. The molecule has 0 aliphatic heterocycles. The predicted molar refractivity (Wildman–Crippen MR) is 75.5 cm³/mol. The lowest BCUT2D eigenvalue weighted by molar-refractivity contribution is -0.128. The molecule has 0 atom stereocenters. The number of sulfonamides is 1. The molecule has 0 aliphatic rings. The Hall–Kier alpha value is -1.61. The number of rotatable bonds is 5. The molecule has 9 heteroatoms. The van der Waals surface area contributed by atoms with Gasteiger partial charge >= 0.3 is 0 Å². The number of carbonyl (C=O) groups is 1.